The highest BCUT2D eigenvalue weighted by atomic mass is 16.5. The van der Waals surface area contributed by atoms with Crippen LogP contribution in [-0.4, -0.2) is 24.8 Å². The van der Waals surface area contributed by atoms with Gasteiger partial charge in [0, 0.05) is 5.56 Å². The molecule has 0 saturated carbocycles. The first-order chi connectivity index (χ1) is 12.0. The third kappa shape index (κ3) is 5.07. The van der Waals surface area contributed by atoms with Gasteiger partial charge in [-0.2, -0.15) is 0 Å². The minimum absolute atomic E-state index is 0.00741. The van der Waals surface area contributed by atoms with Crippen LogP contribution < -0.4 is 0 Å². The summed E-state index contributed by atoms with van der Waals surface area (Å²) in [7, 11) is 1.26. The summed E-state index contributed by atoms with van der Waals surface area (Å²) in [4.78, 5) is 45.4. The number of ketones is 1. The summed E-state index contributed by atoms with van der Waals surface area (Å²) >= 11 is 0. The summed E-state index contributed by atoms with van der Waals surface area (Å²) < 4.78 is 9.60. The molecule has 0 aromatic heterocycles. The van der Waals surface area contributed by atoms with E-state index in [4.69, 9.17) is 4.74 Å². The predicted molar refractivity (Wildman–Crippen MR) is 88.4 cm³/mol. The van der Waals surface area contributed by atoms with Crippen molar-refractivity contribution in [3.8, 4) is 0 Å². The zero-order chi connectivity index (χ0) is 18.2. The van der Waals surface area contributed by atoms with Crippen molar-refractivity contribution in [2.45, 2.75) is 13.0 Å². The predicted octanol–water partition coefficient (Wildman–Crippen LogP) is 3.19. The van der Waals surface area contributed by atoms with Crippen molar-refractivity contribution in [2.75, 3.05) is 7.11 Å². The van der Waals surface area contributed by atoms with E-state index < -0.39 is 24.1 Å². The number of nitrogens with zero attached hydrogens (tertiary/aromatic N) is 1. The second kappa shape index (κ2) is 8.49. The molecular formula is C18H15NO6. The monoisotopic (exact) mass is 341 g/mol. The van der Waals surface area contributed by atoms with Crippen molar-refractivity contribution in [3.63, 3.8) is 0 Å². The van der Waals surface area contributed by atoms with Gasteiger partial charge in [0.15, 0.2) is 5.78 Å². The summed E-state index contributed by atoms with van der Waals surface area (Å²) in [5, 5.41) is 2.77. The second-order valence-electron chi connectivity index (χ2n) is 5.09. The summed E-state index contributed by atoms with van der Waals surface area (Å²) in [5.41, 5.74) is 1.57. The Morgan fingerprint density at radius 2 is 1.52 bits per heavy atom. The molecule has 7 nitrogen and oxygen atoms in total. The van der Waals surface area contributed by atoms with E-state index in [1.807, 2.05) is 0 Å². The lowest BCUT2D eigenvalue weighted by Gasteiger charge is -2.05. The van der Waals surface area contributed by atoms with Crippen molar-refractivity contribution in [3.05, 3.63) is 70.1 Å². The highest BCUT2D eigenvalue weighted by molar-refractivity contribution is 6.06. The number of rotatable bonds is 7. The Kier molecular flexibility index (Phi) is 6.11. The van der Waals surface area contributed by atoms with Gasteiger partial charge in [0.05, 0.1) is 12.7 Å². The van der Waals surface area contributed by atoms with Crippen LogP contribution in [-0.2, 0) is 20.9 Å². The fourth-order valence-electron chi connectivity index (χ4n) is 2.01. The van der Waals surface area contributed by atoms with Gasteiger partial charge in [-0.1, -0.05) is 24.3 Å². The Labute approximate surface area is 143 Å². The Hall–Kier alpha value is -3.35. The van der Waals surface area contributed by atoms with Crippen LogP contribution >= 0.6 is 0 Å². The average molecular weight is 341 g/mol. The molecule has 25 heavy (non-hydrogen) atoms. The van der Waals surface area contributed by atoms with E-state index in [9.17, 15) is 19.3 Å². The number of carbonyl (C=O) groups is 3. The molecular weight excluding hydrogens is 326 g/mol. The maximum atomic E-state index is 12.0. The number of benzene rings is 2. The van der Waals surface area contributed by atoms with Crippen LogP contribution in [0.4, 0.5) is 5.69 Å². The average Bonchev–Trinajstić information content (AvgIpc) is 2.66. The minimum atomic E-state index is -0.667. The molecule has 2 aromatic rings. The van der Waals surface area contributed by atoms with Crippen LogP contribution in [0.3, 0.4) is 0 Å². The van der Waals surface area contributed by atoms with Crippen LogP contribution in [0.5, 0.6) is 0 Å². The Balaban J connectivity index is 1.87. The molecule has 2 rings (SSSR count). The Morgan fingerprint density at radius 1 is 0.920 bits per heavy atom. The third-order valence-corrected chi connectivity index (χ3v) is 3.37. The Bertz CT molecular complexity index is 780. The van der Waals surface area contributed by atoms with Crippen molar-refractivity contribution in [1.29, 1.82) is 0 Å². The molecule has 0 aliphatic heterocycles. The zero-order valence-electron chi connectivity index (χ0n) is 13.4. The van der Waals surface area contributed by atoms with E-state index >= 15 is 0 Å². The molecule has 0 amide bonds. The highest BCUT2D eigenvalue weighted by Crippen LogP contribution is 2.13. The van der Waals surface area contributed by atoms with Crippen LogP contribution in [0, 0.1) is 4.91 Å². The van der Waals surface area contributed by atoms with E-state index in [1.54, 1.807) is 12.1 Å². The molecule has 0 fully saturated rings. The lowest BCUT2D eigenvalue weighted by molar-refractivity contribution is -0.143. The van der Waals surface area contributed by atoms with Gasteiger partial charge < -0.3 is 9.47 Å². The van der Waals surface area contributed by atoms with Gasteiger partial charge in [-0.25, -0.2) is 4.79 Å². The first-order valence-corrected chi connectivity index (χ1v) is 7.33. The van der Waals surface area contributed by atoms with Crippen molar-refractivity contribution in [2.24, 2.45) is 5.18 Å². The Morgan fingerprint density at radius 3 is 2.08 bits per heavy atom. The number of hydrogen-bond donors (Lipinski definition) is 0. The molecule has 0 atom stereocenters. The van der Waals surface area contributed by atoms with Crippen LogP contribution in [0.15, 0.2) is 53.7 Å². The van der Waals surface area contributed by atoms with Crippen LogP contribution in [0.2, 0.25) is 0 Å². The maximum absolute atomic E-state index is 12.0. The molecule has 0 radical (unpaired) electrons. The first kappa shape index (κ1) is 18.0. The molecule has 2 aromatic carbocycles. The fraction of sp³-hybridized carbons (Fsp3) is 0.167. The normalized spacial score (nSPS) is 9.96. The van der Waals surface area contributed by atoms with Crippen LogP contribution in [0.25, 0.3) is 0 Å². The second-order valence-corrected chi connectivity index (χ2v) is 5.09. The van der Waals surface area contributed by atoms with E-state index in [-0.39, 0.29) is 12.3 Å². The van der Waals surface area contributed by atoms with Gasteiger partial charge in [-0.3, -0.25) is 9.59 Å². The lowest BCUT2D eigenvalue weighted by Crippen LogP contribution is -2.12. The summed E-state index contributed by atoms with van der Waals surface area (Å²) in [6.07, 6.45) is -0.411. The number of Topliss-reactive ketones (excluding diaryl/α,β-unsaturated/α-hetero) is 1. The number of hydrogen-bond acceptors (Lipinski definition) is 7. The van der Waals surface area contributed by atoms with Gasteiger partial charge in [0.2, 0.25) is 0 Å². The first-order valence-electron chi connectivity index (χ1n) is 7.33. The third-order valence-electron chi connectivity index (χ3n) is 3.37. The van der Waals surface area contributed by atoms with Crippen molar-refractivity contribution in [1.82, 2.24) is 0 Å². The molecule has 0 bridgehead atoms. The van der Waals surface area contributed by atoms with Crippen LogP contribution in [0.1, 0.15) is 32.7 Å². The number of esters is 2. The minimum Gasteiger partial charge on any atom is -0.465 e. The molecule has 0 aliphatic carbocycles. The van der Waals surface area contributed by atoms with E-state index in [0.717, 1.165) is 0 Å². The lowest BCUT2D eigenvalue weighted by atomic mass is 10.1. The standard InChI is InChI=1S/C18H15NO6/c1-24-18(22)14-6-4-13(5-7-14)16(20)10-17(21)25-11-12-2-8-15(19-23)9-3-12/h2-9H,10-11H2,1H3. The molecule has 0 spiro atoms. The highest BCUT2D eigenvalue weighted by Gasteiger charge is 2.14. The maximum Gasteiger partial charge on any atom is 0.337 e. The van der Waals surface area contributed by atoms with Gasteiger partial charge >= 0.3 is 11.9 Å². The number of methoxy groups -OCH3 is 1. The van der Waals surface area contributed by atoms with E-state index in [2.05, 4.69) is 9.91 Å². The molecule has 0 saturated heterocycles. The molecule has 128 valence electrons. The molecule has 0 unspecified atom stereocenters. The summed E-state index contributed by atoms with van der Waals surface area (Å²) in [5.74, 6) is -1.59. The topological polar surface area (TPSA) is 99.1 Å². The number of carbonyl (C=O) groups excluding carboxylic acids is 3. The van der Waals surface area contributed by atoms with Crippen molar-refractivity contribution >= 4 is 23.4 Å². The summed E-state index contributed by atoms with van der Waals surface area (Å²) in [6, 6.07) is 12.0. The van der Waals surface area contributed by atoms with Gasteiger partial charge in [0.25, 0.3) is 0 Å². The van der Waals surface area contributed by atoms with Gasteiger partial charge in [-0.15, -0.1) is 4.91 Å². The molecule has 0 aliphatic rings. The van der Waals surface area contributed by atoms with Gasteiger partial charge in [-0.05, 0) is 35.0 Å². The van der Waals surface area contributed by atoms with E-state index in [0.29, 0.717) is 16.7 Å². The number of nitroso groups, excluding NO2 is 1. The van der Waals surface area contributed by atoms with Crippen molar-refractivity contribution < 1.29 is 23.9 Å². The summed E-state index contributed by atoms with van der Waals surface area (Å²) in [6.45, 7) is -0.00741. The molecule has 7 heteroatoms. The largest absolute Gasteiger partial charge is 0.465 e. The zero-order valence-corrected chi connectivity index (χ0v) is 13.4. The SMILES string of the molecule is COC(=O)c1ccc(C(=O)CC(=O)OCc2ccc(N=O)cc2)cc1. The number of ether oxygens (including phenoxy) is 2. The molecule has 0 N–H and O–H groups in total. The van der Waals surface area contributed by atoms with E-state index in [1.165, 1.54) is 43.5 Å². The fourth-order valence-corrected chi connectivity index (χ4v) is 2.01. The quantitative estimate of drug-likeness (QED) is 0.332. The molecule has 0 heterocycles. The van der Waals surface area contributed by atoms with Gasteiger partial charge in [0.1, 0.15) is 18.7 Å². The smallest absolute Gasteiger partial charge is 0.337 e.